The highest BCUT2D eigenvalue weighted by Gasteiger charge is 2.29. The van der Waals surface area contributed by atoms with Gasteiger partial charge >= 0.3 is 17.9 Å². The molecule has 0 aromatic rings. The lowest BCUT2D eigenvalue weighted by Gasteiger charge is -2.07. The highest BCUT2D eigenvalue weighted by molar-refractivity contribution is 5.83. The van der Waals surface area contributed by atoms with Crippen LogP contribution in [0.3, 0.4) is 0 Å². The smallest absolute Gasteiger partial charge is 0.335 e. The first-order valence-electron chi connectivity index (χ1n) is 5.65. The molecule has 0 bridgehead atoms. The van der Waals surface area contributed by atoms with Crippen LogP contribution in [0.2, 0.25) is 0 Å². The van der Waals surface area contributed by atoms with Crippen LogP contribution >= 0.6 is 0 Å². The van der Waals surface area contributed by atoms with E-state index in [2.05, 4.69) is 0 Å². The average molecular weight is 296 g/mol. The number of rotatable bonds is 8. The molecule has 0 amide bonds. The molecule has 118 valence electrons. The number of aliphatic carboxylic acids is 3. The van der Waals surface area contributed by atoms with Crippen molar-refractivity contribution < 1.29 is 39.9 Å². The fraction of sp³-hybridized carbons (Fsp3) is 0.700. The van der Waals surface area contributed by atoms with Crippen molar-refractivity contribution in [2.45, 2.75) is 37.5 Å². The zero-order valence-electron chi connectivity index (χ0n) is 10.7. The Labute approximate surface area is 114 Å². The molecule has 0 aliphatic heterocycles. The molecule has 0 spiro atoms. The molecule has 0 aliphatic carbocycles. The molecule has 10 nitrogen and oxygen atoms in total. The fourth-order valence-corrected chi connectivity index (χ4v) is 0.902. The third-order valence-corrected chi connectivity index (χ3v) is 2.09. The molecule has 0 aromatic carbocycles. The zero-order chi connectivity index (χ0) is 16.3. The lowest BCUT2D eigenvalue weighted by atomic mass is 10.1. The maximum Gasteiger partial charge on any atom is 0.335 e. The average Bonchev–Trinajstić information content (AvgIpc) is 2.37. The van der Waals surface area contributed by atoms with Crippen LogP contribution in [0.25, 0.3) is 0 Å². The van der Waals surface area contributed by atoms with E-state index in [-0.39, 0.29) is 0 Å². The number of carboxylic acid groups (broad SMARTS) is 3. The van der Waals surface area contributed by atoms with Crippen LogP contribution < -0.4 is 11.5 Å². The van der Waals surface area contributed by atoms with Gasteiger partial charge in [-0.15, -0.1) is 0 Å². The number of nitrogens with two attached hydrogens (primary N) is 2. The van der Waals surface area contributed by atoms with E-state index < -0.39 is 36.2 Å². The van der Waals surface area contributed by atoms with E-state index in [0.29, 0.717) is 13.0 Å². The number of hydrogen-bond acceptors (Lipinski definition) is 7. The van der Waals surface area contributed by atoms with E-state index in [4.69, 9.17) is 37.0 Å². The molecule has 0 aromatic heterocycles. The van der Waals surface area contributed by atoms with Crippen molar-refractivity contribution in [3.63, 3.8) is 0 Å². The van der Waals surface area contributed by atoms with Crippen LogP contribution in [-0.4, -0.2) is 68.2 Å². The van der Waals surface area contributed by atoms with Crippen LogP contribution in [0, 0.1) is 0 Å². The Balaban J connectivity index is 0. The zero-order valence-corrected chi connectivity index (χ0v) is 10.7. The number of aliphatic hydroxyl groups excluding tert-OH is 2. The maximum atomic E-state index is 10.1. The van der Waals surface area contributed by atoms with Gasteiger partial charge in [0.2, 0.25) is 0 Å². The first kappa shape index (κ1) is 20.6. The number of carbonyl (C=O) groups is 3. The number of unbranched alkanes of at least 4 members (excludes halogenated alkanes) is 1. The minimum atomic E-state index is -2.27. The minimum absolute atomic E-state index is 0.520. The van der Waals surface area contributed by atoms with Gasteiger partial charge in [-0.05, 0) is 19.4 Å². The highest BCUT2D eigenvalue weighted by atomic mass is 16.4. The maximum absolute atomic E-state index is 10.1. The van der Waals surface area contributed by atoms with E-state index in [9.17, 15) is 14.4 Å². The van der Waals surface area contributed by atoms with Gasteiger partial charge in [0, 0.05) is 0 Å². The van der Waals surface area contributed by atoms with Gasteiger partial charge in [-0.1, -0.05) is 6.42 Å². The predicted octanol–water partition coefficient (Wildman–Crippen LogP) is -2.60. The van der Waals surface area contributed by atoms with Crippen molar-refractivity contribution >= 4 is 17.9 Å². The topological polar surface area (TPSA) is 204 Å². The van der Waals surface area contributed by atoms with E-state index in [0.717, 1.165) is 12.8 Å². The molecule has 0 saturated heterocycles. The Hall–Kier alpha value is -1.75. The predicted molar refractivity (Wildman–Crippen MR) is 65.8 cm³/mol. The number of carboxylic acids is 3. The SMILES string of the molecule is NCCCC[C@H](N)C(=O)O.O=C(O)C(O)C(O)C(=O)O. The lowest BCUT2D eigenvalue weighted by molar-refractivity contribution is -0.165. The summed E-state index contributed by atoms with van der Waals surface area (Å²) < 4.78 is 0. The van der Waals surface area contributed by atoms with Gasteiger partial charge in [0.1, 0.15) is 6.04 Å². The molecule has 20 heavy (non-hydrogen) atoms. The van der Waals surface area contributed by atoms with Crippen molar-refractivity contribution in [2.75, 3.05) is 6.54 Å². The summed E-state index contributed by atoms with van der Waals surface area (Å²) in [5, 5.41) is 40.9. The second kappa shape index (κ2) is 11.1. The fourth-order valence-electron chi connectivity index (χ4n) is 0.902. The van der Waals surface area contributed by atoms with Gasteiger partial charge in [0.25, 0.3) is 0 Å². The van der Waals surface area contributed by atoms with E-state index in [1.165, 1.54) is 0 Å². The molecule has 9 N–H and O–H groups in total. The Morgan fingerprint density at radius 1 is 0.850 bits per heavy atom. The Kier molecular flexibility index (Phi) is 11.4. The van der Waals surface area contributed by atoms with Gasteiger partial charge < -0.3 is 37.0 Å². The van der Waals surface area contributed by atoms with Crippen LogP contribution in [0.5, 0.6) is 0 Å². The second-order valence-electron chi connectivity index (χ2n) is 3.80. The monoisotopic (exact) mass is 296 g/mol. The van der Waals surface area contributed by atoms with Crippen LogP contribution in [0.4, 0.5) is 0 Å². The van der Waals surface area contributed by atoms with Crippen LogP contribution in [-0.2, 0) is 14.4 Å². The standard InChI is InChI=1S/C6H14N2O2.C4H6O6/c7-4-2-1-3-5(8)6(9)10;5-1(3(7)8)2(6)4(9)10/h5H,1-4,7-8H2,(H,9,10);1-2,5-6H,(H,7,8)(H,9,10)/t5-;/m0./s1. The Morgan fingerprint density at radius 3 is 1.50 bits per heavy atom. The summed E-state index contributed by atoms with van der Waals surface area (Å²) >= 11 is 0. The number of aliphatic hydroxyl groups is 2. The molecule has 2 unspecified atom stereocenters. The van der Waals surface area contributed by atoms with Crippen LogP contribution in [0.15, 0.2) is 0 Å². The van der Waals surface area contributed by atoms with Gasteiger partial charge in [-0.3, -0.25) is 4.79 Å². The Morgan fingerprint density at radius 2 is 1.25 bits per heavy atom. The molecule has 0 aliphatic rings. The van der Waals surface area contributed by atoms with E-state index >= 15 is 0 Å². The first-order chi connectivity index (χ1) is 9.14. The van der Waals surface area contributed by atoms with Crippen LogP contribution in [0.1, 0.15) is 19.3 Å². The molecule has 0 rings (SSSR count). The third-order valence-electron chi connectivity index (χ3n) is 2.09. The summed E-state index contributed by atoms with van der Waals surface area (Å²) in [6.45, 7) is 0.604. The molecule has 0 radical (unpaired) electrons. The Bertz CT molecular complexity index is 304. The van der Waals surface area contributed by atoms with Gasteiger partial charge in [0.05, 0.1) is 0 Å². The summed E-state index contributed by atoms with van der Waals surface area (Å²) in [7, 11) is 0. The normalized spacial score (nSPS) is 14.4. The third kappa shape index (κ3) is 10.2. The molecular weight excluding hydrogens is 276 g/mol. The molecule has 0 saturated carbocycles. The lowest BCUT2D eigenvalue weighted by Crippen LogP contribution is -2.39. The quantitative estimate of drug-likeness (QED) is 0.232. The van der Waals surface area contributed by atoms with Gasteiger partial charge in [0.15, 0.2) is 12.2 Å². The van der Waals surface area contributed by atoms with Crippen molar-refractivity contribution in [3.8, 4) is 0 Å². The largest absolute Gasteiger partial charge is 0.480 e. The summed E-state index contributed by atoms with van der Waals surface area (Å²) in [6.07, 6.45) is -2.37. The summed E-state index contributed by atoms with van der Waals surface area (Å²) in [4.78, 5) is 29.7. The van der Waals surface area contributed by atoms with Crippen molar-refractivity contribution in [1.82, 2.24) is 0 Å². The van der Waals surface area contributed by atoms with Gasteiger partial charge in [-0.25, -0.2) is 9.59 Å². The second-order valence-corrected chi connectivity index (χ2v) is 3.80. The van der Waals surface area contributed by atoms with E-state index in [1.54, 1.807) is 0 Å². The molecular formula is C10H20N2O8. The minimum Gasteiger partial charge on any atom is -0.480 e. The van der Waals surface area contributed by atoms with Crippen molar-refractivity contribution in [1.29, 1.82) is 0 Å². The summed E-state index contributed by atoms with van der Waals surface area (Å²) in [5.41, 5.74) is 10.4. The summed E-state index contributed by atoms with van der Waals surface area (Å²) in [5.74, 6) is -4.47. The molecule has 10 heteroatoms. The van der Waals surface area contributed by atoms with Crippen molar-refractivity contribution in [2.24, 2.45) is 11.5 Å². The molecule has 0 fully saturated rings. The van der Waals surface area contributed by atoms with E-state index in [1.807, 2.05) is 0 Å². The molecule has 0 heterocycles. The highest BCUT2D eigenvalue weighted by Crippen LogP contribution is 1.97. The van der Waals surface area contributed by atoms with Crippen molar-refractivity contribution in [3.05, 3.63) is 0 Å². The molecule has 3 atom stereocenters. The first-order valence-corrected chi connectivity index (χ1v) is 5.65. The summed E-state index contributed by atoms with van der Waals surface area (Å²) in [6, 6.07) is -0.716. The number of hydrogen-bond donors (Lipinski definition) is 7. The van der Waals surface area contributed by atoms with Gasteiger partial charge in [-0.2, -0.15) is 0 Å².